The van der Waals surface area contributed by atoms with Crippen molar-refractivity contribution < 1.29 is 19.1 Å². The van der Waals surface area contributed by atoms with Gasteiger partial charge in [-0.1, -0.05) is 17.2 Å². The second-order valence-corrected chi connectivity index (χ2v) is 5.76. The molecule has 1 atom stereocenters. The van der Waals surface area contributed by atoms with Gasteiger partial charge in [-0.25, -0.2) is 4.79 Å². The van der Waals surface area contributed by atoms with Crippen LogP contribution in [0.3, 0.4) is 0 Å². The van der Waals surface area contributed by atoms with E-state index in [1.54, 1.807) is 0 Å². The van der Waals surface area contributed by atoms with E-state index in [-0.39, 0.29) is 25.4 Å². The number of allylic oxidation sites excluding steroid dienone is 3. The summed E-state index contributed by atoms with van der Waals surface area (Å²) in [5.74, 6) is -1.44. The Morgan fingerprint density at radius 3 is 2.26 bits per heavy atom. The van der Waals surface area contributed by atoms with Gasteiger partial charge in [0.05, 0.1) is 0 Å². The van der Waals surface area contributed by atoms with Crippen LogP contribution >= 0.6 is 0 Å². The fraction of sp³-hybridized carbons (Fsp3) is 0.588. The van der Waals surface area contributed by atoms with Crippen molar-refractivity contribution in [2.45, 2.75) is 59.4 Å². The number of hydrogen-bond acceptors (Lipinski definition) is 4. The van der Waals surface area contributed by atoms with Gasteiger partial charge >= 0.3 is 5.97 Å². The lowest BCUT2D eigenvalue weighted by molar-refractivity contribution is -0.146. The van der Waals surface area contributed by atoms with E-state index < -0.39 is 17.9 Å². The first-order valence-electron chi connectivity index (χ1n) is 7.73. The molecule has 6 nitrogen and oxygen atoms in total. The number of carbonyl (C=O) groups is 3. The molecule has 0 aromatic carbocycles. The molecule has 0 radical (unpaired) electrons. The summed E-state index contributed by atoms with van der Waals surface area (Å²) in [6.07, 6.45) is 6.00. The molecule has 0 heterocycles. The van der Waals surface area contributed by atoms with E-state index in [0.717, 1.165) is 18.4 Å². The molecule has 0 aliphatic heterocycles. The van der Waals surface area contributed by atoms with Gasteiger partial charge in [0.1, 0.15) is 12.6 Å². The van der Waals surface area contributed by atoms with E-state index in [2.05, 4.69) is 25.2 Å². The number of esters is 1. The maximum absolute atomic E-state index is 11.9. The molecule has 0 spiro atoms. The molecule has 0 aliphatic rings. The second-order valence-electron chi connectivity index (χ2n) is 5.76. The monoisotopic (exact) mass is 324 g/mol. The van der Waals surface area contributed by atoms with Crippen molar-refractivity contribution in [3.63, 3.8) is 0 Å². The molecular formula is C17H28N2O4. The highest BCUT2D eigenvalue weighted by atomic mass is 16.5. The molecule has 23 heavy (non-hydrogen) atoms. The zero-order valence-electron chi connectivity index (χ0n) is 14.5. The van der Waals surface area contributed by atoms with Gasteiger partial charge < -0.3 is 15.8 Å². The number of nitrogens with two attached hydrogens (primary N) is 1. The number of carbonyl (C=O) groups excluding carboxylic acids is 3. The zero-order chi connectivity index (χ0) is 17.8. The highest BCUT2D eigenvalue weighted by Crippen LogP contribution is 2.07. The minimum absolute atomic E-state index is 0.0115. The van der Waals surface area contributed by atoms with E-state index in [9.17, 15) is 14.4 Å². The summed E-state index contributed by atoms with van der Waals surface area (Å²) in [5.41, 5.74) is 7.46. The summed E-state index contributed by atoms with van der Waals surface area (Å²) in [6.45, 7) is 7.53. The van der Waals surface area contributed by atoms with Crippen LogP contribution in [-0.2, 0) is 19.1 Å². The number of ether oxygens (including phenoxy) is 1. The van der Waals surface area contributed by atoms with E-state index in [1.165, 1.54) is 12.5 Å². The maximum Gasteiger partial charge on any atom is 0.328 e. The SMILES string of the molecule is CC(=O)N[C@@H](CCC(N)=O)C(=O)OCC=C(C)CCC=C(C)C. The topological polar surface area (TPSA) is 98.5 Å². The summed E-state index contributed by atoms with van der Waals surface area (Å²) < 4.78 is 5.14. The molecule has 0 bridgehead atoms. The number of hydrogen-bond donors (Lipinski definition) is 2. The van der Waals surface area contributed by atoms with Crippen molar-refractivity contribution in [2.75, 3.05) is 6.61 Å². The molecule has 2 amide bonds. The van der Waals surface area contributed by atoms with Gasteiger partial charge in [-0.2, -0.15) is 0 Å². The summed E-state index contributed by atoms with van der Waals surface area (Å²) in [6, 6.07) is -0.848. The Bertz CT molecular complexity index is 477. The van der Waals surface area contributed by atoms with Crippen LogP contribution in [0.4, 0.5) is 0 Å². The average molecular weight is 324 g/mol. The first-order valence-corrected chi connectivity index (χ1v) is 7.73. The Balaban J connectivity index is 4.36. The third-order valence-electron chi connectivity index (χ3n) is 3.09. The largest absolute Gasteiger partial charge is 0.460 e. The summed E-state index contributed by atoms with van der Waals surface area (Å²) in [4.78, 5) is 33.9. The van der Waals surface area contributed by atoms with E-state index in [4.69, 9.17) is 10.5 Å². The van der Waals surface area contributed by atoms with Crippen LogP contribution in [0.15, 0.2) is 23.3 Å². The smallest absolute Gasteiger partial charge is 0.328 e. The van der Waals surface area contributed by atoms with Crippen LogP contribution in [0.2, 0.25) is 0 Å². The molecule has 0 saturated carbocycles. The van der Waals surface area contributed by atoms with Crippen molar-refractivity contribution in [3.05, 3.63) is 23.3 Å². The first kappa shape index (κ1) is 20.9. The third kappa shape index (κ3) is 12.1. The fourth-order valence-corrected chi connectivity index (χ4v) is 1.84. The highest BCUT2D eigenvalue weighted by molar-refractivity contribution is 5.84. The Morgan fingerprint density at radius 1 is 1.09 bits per heavy atom. The highest BCUT2D eigenvalue weighted by Gasteiger charge is 2.21. The number of primary amides is 1. The van der Waals surface area contributed by atoms with Gasteiger partial charge in [-0.15, -0.1) is 0 Å². The molecule has 130 valence electrons. The van der Waals surface area contributed by atoms with Gasteiger partial charge in [0.15, 0.2) is 0 Å². The zero-order valence-corrected chi connectivity index (χ0v) is 14.5. The van der Waals surface area contributed by atoms with Crippen molar-refractivity contribution in [3.8, 4) is 0 Å². The van der Waals surface area contributed by atoms with Crippen LogP contribution < -0.4 is 11.1 Å². The quantitative estimate of drug-likeness (QED) is 0.474. The predicted octanol–water partition coefficient (Wildman–Crippen LogP) is 1.99. The van der Waals surface area contributed by atoms with Gasteiger partial charge in [0, 0.05) is 13.3 Å². The van der Waals surface area contributed by atoms with Crippen molar-refractivity contribution in [1.82, 2.24) is 5.32 Å². The van der Waals surface area contributed by atoms with Crippen molar-refractivity contribution in [1.29, 1.82) is 0 Å². The molecular weight excluding hydrogens is 296 g/mol. The van der Waals surface area contributed by atoms with Gasteiger partial charge in [0.25, 0.3) is 0 Å². The summed E-state index contributed by atoms with van der Waals surface area (Å²) >= 11 is 0. The molecule has 0 fully saturated rings. The van der Waals surface area contributed by atoms with Crippen LogP contribution in [0.5, 0.6) is 0 Å². The molecule has 0 aromatic rings. The van der Waals surface area contributed by atoms with Gasteiger partial charge in [-0.3, -0.25) is 9.59 Å². The molecule has 0 aliphatic carbocycles. The molecule has 0 unspecified atom stereocenters. The Labute approximate surface area is 138 Å². The Kier molecular flexibility index (Phi) is 10.4. The minimum Gasteiger partial charge on any atom is -0.460 e. The summed E-state index contributed by atoms with van der Waals surface area (Å²) in [7, 11) is 0. The Hall–Kier alpha value is -2.11. The lowest BCUT2D eigenvalue weighted by Crippen LogP contribution is -2.41. The van der Waals surface area contributed by atoms with Crippen LogP contribution in [0.25, 0.3) is 0 Å². The maximum atomic E-state index is 11.9. The fourth-order valence-electron chi connectivity index (χ4n) is 1.84. The number of nitrogens with one attached hydrogen (secondary N) is 1. The first-order chi connectivity index (χ1) is 10.7. The molecule has 3 N–H and O–H groups in total. The molecule has 0 rings (SSSR count). The average Bonchev–Trinajstić information content (AvgIpc) is 2.42. The van der Waals surface area contributed by atoms with Gasteiger partial charge in [-0.05, 0) is 46.1 Å². The normalized spacial score (nSPS) is 12.3. The predicted molar refractivity (Wildman–Crippen MR) is 89.4 cm³/mol. The third-order valence-corrected chi connectivity index (χ3v) is 3.09. The molecule has 6 heteroatoms. The second kappa shape index (κ2) is 11.5. The van der Waals surface area contributed by atoms with E-state index >= 15 is 0 Å². The lowest BCUT2D eigenvalue weighted by Gasteiger charge is -2.15. The lowest BCUT2D eigenvalue weighted by atomic mass is 10.1. The number of amides is 2. The van der Waals surface area contributed by atoms with E-state index in [0.29, 0.717) is 0 Å². The van der Waals surface area contributed by atoms with Crippen molar-refractivity contribution in [2.24, 2.45) is 5.73 Å². The van der Waals surface area contributed by atoms with Crippen LogP contribution in [-0.4, -0.2) is 30.4 Å². The molecule has 0 aromatic heterocycles. The summed E-state index contributed by atoms with van der Waals surface area (Å²) in [5, 5.41) is 2.47. The van der Waals surface area contributed by atoms with Crippen LogP contribution in [0, 0.1) is 0 Å². The number of rotatable bonds is 10. The van der Waals surface area contributed by atoms with Crippen LogP contribution in [0.1, 0.15) is 53.4 Å². The van der Waals surface area contributed by atoms with E-state index in [1.807, 2.05) is 13.0 Å². The standard InChI is InChI=1S/C17H28N2O4/c1-12(2)6-5-7-13(3)10-11-23-17(22)15(19-14(4)20)8-9-16(18)21/h6,10,15H,5,7-9,11H2,1-4H3,(H2,18,21)(H,19,20)/t15-/m0/s1. The molecule has 0 saturated heterocycles. The Morgan fingerprint density at radius 2 is 1.74 bits per heavy atom. The van der Waals surface area contributed by atoms with Crippen molar-refractivity contribution >= 4 is 17.8 Å². The minimum atomic E-state index is -0.848. The van der Waals surface area contributed by atoms with Gasteiger partial charge in [0.2, 0.25) is 11.8 Å².